The summed E-state index contributed by atoms with van der Waals surface area (Å²) in [5.74, 6) is 0.188. The highest BCUT2D eigenvalue weighted by Gasteiger charge is 2.36. The van der Waals surface area contributed by atoms with Crippen molar-refractivity contribution < 1.29 is 9.59 Å². The Balaban J connectivity index is 1.66. The van der Waals surface area contributed by atoms with Gasteiger partial charge in [-0.15, -0.1) is 0 Å². The smallest absolute Gasteiger partial charge is 0.242 e. The van der Waals surface area contributed by atoms with Gasteiger partial charge in [0, 0.05) is 19.2 Å². The van der Waals surface area contributed by atoms with E-state index in [0.29, 0.717) is 11.1 Å². The van der Waals surface area contributed by atoms with Gasteiger partial charge in [0.05, 0.1) is 5.69 Å². The number of amidine groups is 1. The maximum absolute atomic E-state index is 12.5. The summed E-state index contributed by atoms with van der Waals surface area (Å²) >= 11 is 1.34. The molecular formula is C21H23N3O2S. The molecule has 0 radical (unpaired) electrons. The Labute approximate surface area is 163 Å². The van der Waals surface area contributed by atoms with Crippen LogP contribution in [-0.2, 0) is 9.59 Å². The minimum atomic E-state index is -0.451. The van der Waals surface area contributed by atoms with Gasteiger partial charge in [-0.2, -0.15) is 0 Å². The standard InChI is InChI=1S/C21H23N3O2S/c1-14(2)15-9-11-17(12-10-15)23-21-24(3)20(26)18(27-21)13-19(25)22-16-7-5-4-6-8-16/h4-12,14,18H,13H2,1-3H3,(H,22,25). The lowest BCUT2D eigenvalue weighted by molar-refractivity contribution is -0.127. The van der Waals surface area contributed by atoms with Gasteiger partial charge in [0.15, 0.2) is 5.17 Å². The van der Waals surface area contributed by atoms with Gasteiger partial charge in [0.2, 0.25) is 11.8 Å². The fourth-order valence-corrected chi connectivity index (χ4v) is 3.90. The molecule has 1 N–H and O–H groups in total. The highest BCUT2D eigenvalue weighted by molar-refractivity contribution is 8.15. The van der Waals surface area contributed by atoms with Crippen LogP contribution in [0.4, 0.5) is 11.4 Å². The fraction of sp³-hybridized carbons (Fsp3) is 0.286. The number of nitrogens with zero attached hydrogens (tertiary/aromatic N) is 2. The number of amides is 2. The van der Waals surface area contributed by atoms with Gasteiger partial charge in [-0.3, -0.25) is 14.5 Å². The minimum absolute atomic E-state index is 0.0965. The molecule has 3 rings (SSSR count). The van der Waals surface area contributed by atoms with Crippen molar-refractivity contribution in [3.63, 3.8) is 0 Å². The third kappa shape index (κ3) is 4.77. The van der Waals surface area contributed by atoms with Crippen molar-refractivity contribution in [2.24, 2.45) is 4.99 Å². The number of benzene rings is 2. The van der Waals surface area contributed by atoms with Crippen molar-refractivity contribution in [2.45, 2.75) is 31.4 Å². The average Bonchev–Trinajstić information content (AvgIpc) is 2.91. The van der Waals surface area contributed by atoms with Crippen molar-refractivity contribution in [1.29, 1.82) is 0 Å². The first-order chi connectivity index (χ1) is 12.9. The quantitative estimate of drug-likeness (QED) is 0.835. The number of nitrogens with one attached hydrogen (secondary N) is 1. The van der Waals surface area contributed by atoms with Crippen molar-refractivity contribution in [3.8, 4) is 0 Å². The van der Waals surface area contributed by atoms with Gasteiger partial charge >= 0.3 is 0 Å². The van der Waals surface area contributed by atoms with Crippen LogP contribution in [0.3, 0.4) is 0 Å². The van der Waals surface area contributed by atoms with E-state index in [4.69, 9.17) is 0 Å². The minimum Gasteiger partial charge on any atom is -0.326 e. The van der Waals surface area contributed by atoms with Gasteiger partial charge < -0.3 is 5.32 Å². The molecule has 27 heavy (non-hydrogen) atoms. The molecule has 1 fully saturated rings. The second kappa shape index (κ2) is 8.39. The lowest BCUT2D eigenvalue weighted by Gasteiger charge is -2.09. The van der Waals surface area contributed by atoms with E-state index in [1.807, 2.05) is 42.5 Å². The first-order valence-corrected chi connectivity index (χ1v) is 9.80. The molecule has 1 saturated heterocycles. The summed E-state index contributed by atoms with van der Waals surface area (Å²) in [6.45, 7) is 4.29. The van der Waals surface area contributed by atoms with E-state index in [1.54, 1.807) is 7.05 Å². The van der Waals surface area contributed by atoms with Crippen molar-refractivity contribution in [1.82, 2.24) is 4.90 Å². The molecule has 1 aliphatic rings. The predicted octanol–water partition coefficient (Wildman–Crippen LogP) is 4.40. The number of para-hydroxylation sites is 1. The number of rotatable bonds is 5. The summed E-state index contributed by atoms with van der Waals surface area (Å²) < 4.78 is 0. The number of aliphatic imine (C=N–C) groups is 1. The third-order valence-corrected chi connectivity index (χ3v) is 5.58. The Hall–Kier alpha value is -2.60. The van der Waals surface area contributed by atoms with Crippen LogP contribution in [0.25, 0.3) is 0 Å². The number of hydrogen-bond acceptors (Lipinski definition) is 4. The molecular weight excluding hydrogens is 358 g/mol. The highest BCUT2D eigenvalue weighted by atomic mass is 32.2. The molecule has 1 atom stereocenters. The molecule has 6 heteroatoms. The van der Waals surface area contributed by atoms with Gasteiger partial charge in [-0.1, -0.05) is 55.9 Å². The van der Waals surface area contributed by atoms with Crippen LogP contribution in [0.2, 0.25) is 0 Å². The lowest BCUT2D eigenvalue weighted by Crippen LogP contribution is -2.30. The SMILES string of the molecule is CC(C)c1ccc(N=C2SC(CC(=O)Nc3ccccc3)C(=O)N2C)cc1. The molecule has 1 unspecified atom stereocenters. The Bertz CT molecular complexity index is 847. The maximum atomic E-state index is 12.5. The van der Waals surface area contributed by atoms with Crippen LogP contribution in [0.5, 0.6) is 0 Å². The molecule has 5 nitrogen and oxygen atoms in total. The summed E-state index contributed by atoms with van der Waals surface area (Å²) in [5.41, 5.74) is 2.78. The molecule has 1 aliphatic heterocycles. The maximum Gasteiger partial charge on any atom is 0.242 e. The number of carbonyl (C=O) groups excluding carboxylic acids is 2. The summed E-state index contributed by atoms with van der Waals surface area (Å²) in [7, 11) is 1.70. The van der Waals surface area contributed by atoms with Gasteiger partial charge in [-0.25, -0.2) is 4.99 Å². The molecule has 0 aliphatic carbocycles. The molecule has 0 bridgehead atoms. The fourth-order valence-electron chi connectivity index (χ4n) is 2.74. The lowest BCUT2D eigenvalue weighted by atomic mass is 10.0. The van der Waals surface area contributed by atoms with Gasteiger partial charge in [0.1, 0.15) is 5.25 Å². The van der Waals surface area contributed by atoms with Crippen molar-refractivity contribution in [3.05, 3.63) is 60.2 Å². The topological polar surface area (TPSA) is 61.8 Å². The van der Waals surface area contributed by atoms with E-state index < -0.39 is 5.25 Å². The monoisotopic (exact) mass is 381 g/mol. The zero-order valence-corrected chi connectivity index (χ0v) is 16.5. The third-order valence-electron chi connectivity index (χ3n) is 4.35. The zero-order valence-electron chi connectivity index (χ0n) is 15.7. The summed E-state index contributed by atoms with van der Waals surface area (Å²) in [4.78, 5) is 30.8. The number of hydrogen-bond donors (Lipinski definition) is 1. The highest BCUT2D eigenvalue weighted by Crippen LogP contribution is 2.31. The van der Waals surface area contributed by atoms with Crippen LogP contribution < -0.4 is 5.32 Å². The average molecular weight is 382 g/mol. The van der Waals surface area contributed by atoms with Crippen LogP contribution in [0.15, 0.2) is 59.6 Å². The van der Waals surface area contributed by atoms with Gasteiger partial charge in [-0.05, 0) is 35.7 Å². The van der Waals surface area contributed by atoms with E-state index in [0.717, 1.165) is 11.4 Å². The van der Waals surface area contributed by atoms with Crippen LogP contribution >= 0.6 is 11.8 Å². The second-order valence-electron chi connectivity index (χ2n) is 6.76. The summed E-state index contributed by atoms with van der Waals surface area (Å²) in [5, 5.41) is 2.99. The number of carbonyl (C=O) groups is 2. The number of anilines is 1. The zero-order chi connectivity index (χ0) is 19.4. The molecule has 0 aromatic heterocycles. The van der Waals surface area contributed by atoms with Crippen LogP contribution in [-0.4, -0.2) is 34.2 Å². The van der Waals surface area contributed by atoms with E-state index in [1.165, 1.54) is 22.2 Å². The first kappa shape index (κ1) is 19.2. The molecule has 2 aromatic rings. The van der Waals surface area contributed by atoms with E-state index >= 15 is 0 Å². The van der Waals surface area contributed by atoms with Crippen LogP contribution in [0.1, 0.15) is 31.7 Å². The molecule has 1 heterocycles. The summed E-state index contributed by atoms with van der Waals surface area (Å²) in [6.07, 6.45) is 0.119. The Morgan fingerprint density at radius 3 is 2.44 bits per heavy atom. The molecule has 0 saturated carbocycles. The largest absolute Gasteiger partial charge is 0.326 e. The summed E-state index contributed by atoms with van der Waals surface area (Å²) in [6, 6.07) is 17.3. The Morgan fingerprint density at radius 1 is 1.15 bits per heavy atom. The Morgan fingerprint density at radius 2 is 1.81 bits per heavy atom. The van der Waals surface area contributed by atoms with E-state index in [2.05, 4.69) is 36.3 Å². The second-order valence-corrected chi connectivity index (χ2v) is 7.93. The van der Waals surface area contributed by atoms with Crippen LogP contribution in [0, 0.1) is 0 Å². The normalized spacial score (nSPS) is 18.4. The van der Waals surface area contributed by atoms with Crippen molar-refractivity contribution >= 4 is 40.1 Å². The Kier molecular flexibility index (Phi) is 5.96. The van der Waals surface area contributed by atoms with Gasteiger partial charge in [0.25, 0.3) is 0 Å². The van der Waals surface area contributed by atoms with E-state index in [-0.39, 0.29) is 18.2 Å². The van der Waals surface area contributed by atoms with Crippen molar-refractivity contribution in [2.75, 3.05) is 12.4 Å². The molecule has 2 aromatic carbocycles. The molecule has 0 spiro atoms. The van der Waals surface area contributed by atoms with E-state index in [9.17, 15) is 9.59 Å². The molecule has 2 amide bonds. The first-order valence-electron chi connectivity index (χ1n) is 8.92. The predicted molar refractivity (Wildman–Crippen MR) is 111 cm³/mol. The number of thioether (sulfide) groups is 1. The molecule has 140 valence electrons.